The fraction of sp³-hybridized carbons (Fsp3) is 0.269. The number of fused-ring (bicyclic) bond motifs is 2. The Labute approximate surface area is 219 Å². The Balaban J connectivity index is 1.58. The molecule has 0 bridgehead atoms. The van der Waals surface area contributed by atoms with Crippen LogP contribution in [0.4, 0.5) is 5.82 Å². The maximum Gasteiger partial charge on any atom is 0.246 e. The van der Waals surface area contributed by atoms with Crippen LogP contribution >= 0.6 is 21.0 Å². The van der Waals surface area contributed by atoms with Crippen molar-refractivity contribution < 1.29 is 9.53 Å². The first kappa shape index (κ1) is 24.1. The Morgan fingerprint density at radius 2 is 2.19 bits per heavy atom. The first-order valence-corrected chi connectivity index (χ1v) is 14.0. The number of nitrogens with one attached hydrogen (secondary N) is 1. The van der Waals surface area contributed by atoms with E-state index in [2.05, 4.69) is 36.5 Å². The lowest BCUT2D eigenvalue weighted by Crippen LogP contribution is -2.37. The minimum Gasteiger partial charge on any atom is -0.383 e. The van der Waals surface area contributed by atoms with Gasteiger partial charge in [0.25, 0.3) is 0 Å². The zero-order valence-corrected chi connectivity index (χ0v) is 22.3. The van der Waals surface area contributed by atoms with Gasteiger partial charge >= 0.3 is 0 Å². The number of amides is 1. The SMILES string of the molecule is C=CC(=O)N1CC(n2nc(C#Cc3ccc4c(cnn4C)c3)c3c(NI=C)nccc32)C[C@@H]1COC. The third-order valence-electron chi connectivity index (χ3n) is 6.40. The van der Waals surface area contributed by atoms with Crippen LogP contribution in [-0.4, -0.2) is 66.2 Å². The summed E-state index contributed by atoms with van der Waals surface area (Å²) >= 11 is -0.502. The molecule has 5 rings (SSSR count). The monoisotopic (exact) mass is 595 g/mol. The number of aryl methyl sites for hydroxylation is 1. The second kappa shape index (κ2) is 10.2. The van der Waals surface area contributed by atoms with Gasteiger partial charge in [0, 0.05) is 37.8 Å². The van der Waals surface area contributed by atoms with Gasteiger partial charge in [0.1, 0.15) is 11.5 Å². The molecule has 10 heteroatoms. The molecule has 0 saturated carbocycles. The molecule has 1 unspecified atom stereocenters. The van der Waals surface area contributed by atoms with Crippen molar-refractivity contribution >= 4 is 59.1 Å². The van der Waals surface area contributed by atoms with Crippen LogP contribution in [0.5, 0.6) is 0 Å². The number of aromatic nitrogens is 5. The quantitative estimate of drug-likeness (QED) is 0.159. The first-order valence-electron chi connectivity index (χ1n) is 11.4. The van der Waals surface area contributed by atoms with Crippen molar-refractivity contribution in [3.63, 3.8) is 0 Å². The number of ether oxygens (including phenoxy) is 1. The van der Waals surface area contributed by atoms with Crippen molar-refractivity contribution in [2.24, 2.45) is 7.05 Å². The van der Waals surface area contributed by atoms with Crippen LogP contribution in [0.1, 0.15) is 23.7 Å². The zero-order valence-electron chi connectivity index (χ0n) is 20.1. The highest BCUT2D eigenvalue weighted by atomic mass is 127. The summed E-state index contributed by atoms with van der Waals surface area (Å²) in [4.78, 5) is 18.9. The molecule has 184 valence electrons. The smallest absolute Gasteiger partial charge is 0.246 e. The van der Waals surface area contributed by atoms with Crippen LogP contribution in [-0.2, 0) is 16.6 Å². The van der Waals surface area contributed by atoms with Gasteiger partial charge < -0.3 is 13.2 Å². The van der Waals surface area contributed by atoms with Crippen molar-refractivity contribution in [2.45, 2.75) is 18.5 Å². The molecule has 4 heterocycles. The molecule has 1 fully saturated rings. The second-order valence-electron chi connectivity index (χ2n) is 8.56. The number of benzene rings is 1. The maximum atomic E-state index is 12.5. The maximum absolute atomic E-state index is 12.5. The molecule has 1 amide bonds. The van der Waals surface area contributed by atoms with Gasteiger partial charge in [-0.05, 0) is 68.2 Å². The molecule has 9 nitrogen and oxygen atoms in total. The molecule has 1 N–H and O–H groups in total. The summed E-state index contributed by atoms with van der Waals surface area (Å²) in [5.41, 5.74) is 3.49. The summed E-state index contributed by atoms with van der Waals surface area (Å²) < 4.78 is 16.6. The average molecular weight is 595 g/mol. The van der Waals surface area contributed by atoms with E-state index in [4.69, 9.17) is 9.84 Å². The van der Waals surface area contributed by atoms with Gasteiger partial charge in [0.15, 0.2) is 0 Å². The number of anilines is 1. The predicted octanol–water partition coefficient (Wildman–Crippen LogP) is 3.42. The van der Waals surface area contributed by atoms with Crippen LogP contribution in [0.3, 0.4) is 0 Å². The second-order valence-corrected chi connectivity index (χ2v) is 9.86. The summed E-state index contributed by atoms with van der Waals surface area (Å²) in [6.45, 7) is 4.64. The molecular weight excluding hydrogens is 569 g/mol. The van der Waals surface area contributed by atoms with E-state index >= 15 is 0 Å². The number of rotatable bonds is 6. The highest BCUT2D eigenvalue weighted by Gasteiger charge is 2.36. The Kier molecular flexibility index (Phi) is 6.84. The highest BCUT2D eigenvalue weighted by Crippen LogP contribution is 2.34. The van der Waals surface area contributed by atoms with Crippen LogP contribution in [0.25, 0.3) is 21.8 Å². The topological polar surface area (TPSA) is 90.1 Å². The summed E-state index contributed by atoms with van der Waals surface area (Å²) in [5.74, 6) is 7.18. The molecule has 1 aromatic carbocycles. The van der Waals surface area contributed by atoms with E-state index in [1.807, 2.05) is 51.8 Å². The van der Waals surface area contributed by atoms with Gasteiger partial charge in [0.2, 0.25) is 5.91 Å². The minimum absolute atomic E-state index is 0.0245. The summed E-state index contributed by atoms with van der Waals surface area (Å²) in [7, 11) is 3.57. The summed E-state index contributed by atoms with van der Waals surface area (Å²) in [6, 6.07) is 7.91. The number of carbonyl (C=O) groups excluding carboxylic acids is 1. The van der Waals surface area contributed by atoms with Crippen LogP contribution in [0.2, 0.25) is 0 Å². The molecule has 2 atom stereocenters. The molecule has 0 radical (unpaired) electrons. The van der Waals surface area contributed by atoms with E-state index in [0.717, 1.165) is 39.6 Å². The van der Waals surface area contributed by atoms with Crippen molar-refractivity contribution in [1.82, 2.24) is 29.4 Å². The fourth-order valence-electron chi connectivity index (χ4n) is 4.77. The molecule has 0 spiro atoms. The zero-order chi connectivity index (χ0) is 25.2. The van der Waals surface area contributed by atoms with E-state index in [1.165, 1.54) is 6.08 Å². The van der Waals surface area contributed by atoms with E-state index in [1.54, 1.807) is 13.3 Å². The van der Waals surface area contributed by atoms with Gasteiger partial charge in [-0.25, -0.2) is 4.98 Å². The Bertz CT molecular complexity index is 1540. The molecule has 1 aliphatic heterocycles. The Morgan fingerprint density at radius 1 is 1.33 bits per heavy atom. The summed E-state index contributed by atoms with van der Waals surface area (Å²) in [5, 5.41) is 11.2. The van der Waals surface area contributed by atoms with Crippen LogP contribution in [0.15, 0.2) is 49.3 Å². The molecule has 1 saturated heterocycles. The van der Waals surface area contributed by atoms with Crippen LogP contribution < -0.4 is 3.53 Å². The molecule has 4 aromatic rings. The van der Waals surface area contributed by atoms with Gasteiger partial charge in [-0.2, -0.15) is 10.2 Å². The van der Waals surface area contributed by atoms with Crippen molar-refractivity contribution in [3.8, 4) is 11.8 Å². The number of hydrogen-bond acceptors (Lipinski definition) is 6. The molecule has 0 aliphatic carbocycles. The third-order valence-corrected chi connectivity index (χ3v) is 7.30. The van der Waals surface area contributed by atoms with Crippen molar-refractivity contribution in [3.05, 3.63) is 60.6 Å². The standard InChI is InChI=1S/C26H26IN7O2/c1-5-24(35)33-15-19(13-20(33)16-36-4)34-23-10-11-28-26(30-27-2)25(23)21(31-34)8-6-17-7-9-22-18(12-17)14-29-32(22)3/h5,7,9-12,14,19-20H,1-2,13,15-16H2,3-4H3,(H,28,30)/t19?,20-/m1/s1. The Morgan fingerprint density at radius 3 is 2.97 bits per heavy atom. The van der Waals surface area contributed by atoms with E-state index in [-0.39, 0.29) is 18.0 Å². The molecular formula is C26H26IN7O2. The van der Waals surface area contributed by atoms with Gasteiger partial charge in [-0.1, -0.05) is 12.5 Å². The van der Waals surface area contributed by atoms with E-state index in [0.29, 0.717) is 18.8 Å². The Hall–Kier alpha value is -3.56. The first-order chi connectivity index (χ1) is 17.5. The lowest BCUT2D eigenvalue weighted by molar-refractivity contribution is -0.127. The summed E-state index contributed by atoms with van der Waals surface area (Å²) in [6.07, 6.45) is 5.68. The van der Waals surface area contributed by atoms with Crippen LogP contribution in [0, 0.1) is 11.8 Å². The number of likely N-dealkylation sites (tertiary alicyclic amines) is 1. The number of carbonyl (C=O) groups is 1. The van der Waals surface area contributed by atoms with Gasteiger partial charge in [0.05, 0.1) is 41.3 Å². The molecule has 3 aromatic heterocycles. The molecule has 1 aliphatic rings. The third kappa shape index (κ3) is 4.40. The predicted molar refractivity (Wildman–Crippen MR) is 150 cm³/mol. The van der Waals surface area contributed by atoms with Gasteiger partial charge in [-0.15, -0.1) is 0 Å². The number of nitrogens with zero attached hydrogens (tertiary/aromatic N) is 6. The fourth-order valence-corrected chi connectivity index (χ4v) is 5.54. The highest BCUT2D eigenvalue weighted by molar-refractivity contribution is 14.2. The van der Waals surface area contributed by atoms with E-state index < -0.39 is 21.0 Å². The van der Waals surface area contributed by atoms with E-state index in [9.17, 15) is 4.79 Å². The normalized spacial score (nSPS) is 17.3. The lowest BCUT2D eigenvalue weighted by atomic mass is 10.1. The number of halogens is 1. The number of hydrogen-bond donors (Lipinski definition) is 1. The van der Waals surface area contributed by atoms with Crippen molar-refractivity contribution in [2.75, 3.05) is 23.8 Å². The number of methoxy groups -OCH3 is 1. The number of pyridine rings is 1. The van der Waals surface area contributed by atoms with Gasteiger partial charge in [-0.3, -0.25) is 14.2 Å². The molecule has 36 heavy (non-hydrogen) atoms. The lowest BCUT2D eigenvalue weighted by Gasteiger charge is -2.22. The largest absolute Gasteiger partial charge is 0.383 e. The minimum atomic E-state index is -0.502. The van der Waals surface area contributed by atoms with Crippen molar-refractivity contribution in [1.29, 1.82) is 0 Å². The average Bonchev–Trinajstić information content (AvgIpc) is 3.58.